The second-order valence-corrected chi connectivity index (χ2v) is 10.1. The summed E-state index contributed by atoms with van der Waals surface area (Å²) in [5.74, 6) is 0. The van der Waals surface area contributed by atoms with Crippen LogP contribution in [0.1, 0.15) is 181 Å². The summed E-state index contributed by atoms with van der Waals surface area (Å²) in [6, 6.07) is 0. The lowest BCUT2D eigenvalue weighted by molar-refractivity contribution is 0.125. The topological polar surface area (TPSA) is 9.23 Å². The predicted octanol–water partition coefficient (Wildman–Crippen LogP) is 11.2. The Morgan fingerprint density at radius 1 is 0.258 bits per heavy atom. The standard InChI is InChI=1S/C30H62O/c1-3-5-7-9-11-13-14-15-16-17-18-19-20-21-22-24-26-28-30-31-29-27-25-23-12-10-8-6-4-2/h3-30H2,1-2H3. The Morgan fingerprint density at radius 3 is 0.677 bits per heavy atom. The Morgan fingerprint density at radius 2 is 0.452 bits per heavy atom. The molecule has 1 heteroatoms. The van der Waals surface area contributed by atoms with E-state index < -0.39 is 0 Å². The Hall–Kier alpha value is -0.0400. The Bertz CT molecular complexity index is 260. The van der Waals surface area contributed by atoms with E-state index in [1.54, 1.807) is 0 Å². The first-order valence-electron chi connectivity index (χ1n) is 15.0. The molecular weight excluding hydrogens is 376 g/mol. The third-order valence-corrected chi connectivity index (χ3v) is 6.78. The molecule has 0 aliphatic carbocycles. The van der Waals surface area contributed by atoms with Gasteiger partial charge < -0.3 is 4.74 Å². The van der Waals surface area contributed by atoms with Crippen LogP contribution in [0.25, 0.3) is 0 Å². The molecule has 0 N–H and O–H groups in total. The molecule has 0 amide bonds. The fourth-order valence-electron chi connectivity index (χ4n) is 4.55. The first-order chi connectivity index (χ1) is 15.4. The van der Waals surface area contributed by atoms with Gasteiger partial charge in [0.05, 0.1) is 0 Å². The first-order valence-corrected chi connectivity index (χ1v) is 15.0. The fourth-order valence-corrected chi connectivity index (χ4v) is 4.55. The van der Waals surface area contributed by atoms with Crippen LogP contribution >= 0.6 is 0 Å². The van der Waals surface area contributed by atoms with Crippen molar-refractivity contribution in [3.8, 4) is 0 Å². The zero-order valence-corrected chi connectivity index (χ0v) is 22.2. The average Bonchev–Trinajstić information content (AvgIpc) is 2.78. The predicted molar refractivity (Wildman–Crippen MR) is 142 cm³/mol. The van der Waals surface area contributed by atoms with Crippen LogP contribution in [0.3, 0.4) is 0 Å². The molecule has 0 aliphatic heterocycles. The summed E-state index contributed by atoms with van der Waals surface area (Å²) in [4.78, 5) is 0. The highest BCUT2D eigenvalue weighted by molar-refractivity contribution is 4.51. The number of hydrogen-bond donors (Lipinski definition) is 0. The highest BCUT2D eigenvalue weighted by atomic mass is 16.5. The Kier molecular flexibility index (Phi) is 29.9. The molecule has 0 heterocycles. The van der Waals surface area contributed by atoms with Crippen molar-refractivity contribution in [2.45, 2.75) is 181 Å². The molecule has 0 aromatic rings. The van der Waals surface area contributed by atoms with Gasteiger partial charge >= 0.3 is 0 Å². The van der Waals surface area contributed by atoms with E-state index in [4.69, 9.17) is 4.74 Å². The highest BCUT2D eigenvalue weighted by Crippen LogP contribution is 2.14. The second-order valence-electron chi connectivity index (χ2n) is 10.1. The fraction of sp³-hybridized carbons (Fsp3) is 1.00. The maximum Gasteiger partial charge on any atom is 0.0466 e. The first kappa shape index (κ1) is 31.0. The van der Waals surface area contributed by atoms with Crippen LogP contribution in [0.4, 0.5) is 0 Å². The van der Waals surface area contributed by atoms with E-state index >= 15 is 0 Å². The zero-order valence-electron chi connectivity index (χ0n) is 22.2. The van der Waals surface area contributed by atoms with Gasteiger partial charge in [-0.2, -0.15) is 0 Å². The second kappa shape index (κ2) is 30.0. The SMILES string of the molecule is CCCCCCCCCCCCCCCCCCCCOCCCCCCCCCC. The lowest BCUT2D eigenvalue weighted by atomic mass is 10.0. The van der Waals surface area contributed by atoms with E-state index in [2.05, 4.69) is 13.8 Å². The molecule has 31 heavy (non-hydrogen) atoms. The zero-order chi connectivity index (χ0) is 22.5. The summed E-state index contributed by atoms with van der Waals surface area (Å²) in [6.07, 6.45) is 37.1. The monoisotopic (exact) mass is 438 g/mol. The number of hydrogen-bond acceptors (Lipinski definition) is 1. The number of rotatable bonds is 28. The minimum absolute atomic E-state index is 0.994. The number of ether oxygens (including phenoxy) is 1. The van der Waals surface area contributed by atoms with Crippen molar-refractivity contribution in [2.75, 3.05) is 13.2 Å². The maximum absolute atomic E-state index is 5.81. The van der Waals surface area contributed by atoms with E-state index in [1.807, 2.05) is 0 Å². The quantitative estimate of drug-likeness (QED) is 0.110. The lowest BCUT2D eigenvalue weighted by Gasteiger charge is -2.05. The van der Waals surface area contributed by atoms with E-state index in [0.29, 0.717) is 0 Å². The molecule has 0 aromatic heterocycles. The molecule has 0 atom stereocenters. The smallest absolute Gasteiger partial charge is 0.0466 e. The summed E-state index contributed by atoms with van der Waals surface area (Å²) in [5.41, 5.74) is 0. The molecule has 0 radical (unpaired) electrons. The van der Waals surface area contributed by atoms with Gasteiger partial charge in [0.1, 0.15) is 0 Å². The molecule has 1 nitrogen and oxygen atoms in total. The molecular formula is C30H62O. The van der Waals surface area contributed by atoms with E-state index in [0.717, 1.165) is 13.2 Å². The summed E-state index contributed by atoms with van der Waals surface area (Å²) < 4.78 is 5.81. The van der Waals surface area contributed by atoms with Crippen molar-refractivity contribution < 1.29 is 4.74 Å². The number of unbranched alkanes of at least 4 members (excludes halogenated alkanes) is 24. The van der Waals surface area contributed by atoms with E-state index in [1.165, 1.54) is 167 Å². The highest BCUT2D eigenvalue weighted by Gasteiger charge is 1.96. The molecule has 0 saturated heterocycles. The van der Waals surface area contributed by atoms with Crippen molar-refractivity contribution in [1.82, 2.24) is 0 Å². The van der Waals surface area contributed by atoms with Crippen LogP contribution in [0.15, 0.2) is 0 Å². The van der Waals surface area contributed by atoms with E-state index in [-0.39, 0.29) is 0 Å². The minimum atomic E-state index is 0.994. The molecule has 0 aliphatic rings. The van der Waals surface area contributed by atoms with Gasteiger partial charge in [-0.25, -0.2) is 0 Å². The van der Waals surface area contributed by atoms with Crippen LogP contribution < -0.4 is 0 Å². The van der Waals surface area contributed by atoms with Crippen LogP contribution in [0, 0.1) is 0 Å². The third kappa shape index (κ3) is 30.0. The molecule has 0 spiro atoms. The van der Waals surface area contributed by atoms with Crippen molar-refractivity contribution >= 4 is 0 Å². The summed E-state index contributed by atoms with van der Waals surface area (Å²) >= 11 is 0. The minimum Gasteiger partial charge on any atom is -0.381 e. The van der Waals surface area contributed by atoms with Gasteiger partial charge in [0, 0.05) is 13.2 Å². The van der Waals surface area contributed by atoms with Crippen molar-refractivity contribution in [2.24, 2.45) is 0 Å². The Balaban J connectivity index is 2.98. The molecule has 0 unspecified atom stereocenters. The van der Waals surface area contributed by atoms with Gasteiger partial charge in [-0.3, -0.25) is 0 Å². The van der Waals surface area contributed by atoms with Crippen molar-refractivity contribution in [3.63, 3.8) is 0 Å². The lowest BCUT2D eigenvalue weighted by Crippen LogP contribution is -1.97. The normalized spacial score (nSPS) is 11.4. The molecule has 0 bridgehead atoms. The van der Waals surface area contributed by atoms with Crippen LogP contribution in [0.5, 0.6) is 0 Å². The Labute approximate surface area is 198 Å². The van der Waals surface area contributed by atoms with Gasteiger partial charge in [-0.15, -0.1) is 0 Å². The van der Waals surface area contributed by atoms with Crippen molar-refractivity contribution in [3.05, 3.63) is 0 Å². The van der Waals surface area contributed by atoms with Gasteiger partial charge in [-0.05, 0) is 12.8 Å². The van der Waals surface area contributed by atoms with Crippen LogP contribution in [-0.2, 0) is 4.74 Å². The average molecular weight is 439 g/mol. The molecule has 0 aromatic carbocycles. The van der Waals surface area contributed by atoms with Crippen LogP contribution in [-0.4, -0.2) is 13.2 Å². The van der Waals surface area contributed by atoms with Gasteiger partial charge in [0.2, 0.25) is 0 Å². The summed E-state index contributed by atoms with van der Waals surface area (Å²) in [6.45, 7) is 6.58. The largest absolute Gasteiger partial charge is 0.381 e. The van der Waals surface area contributed by atoms with Gasteiger partial charge in [-0.1, -0.05) is 168 Å². The summed E-state index contributed by atoms with van der Waals surface area (Å²) in [7, 11) is 0. The molecule has 0 fully saturated rings. The molecule has 188 valence electrons. The van der Waals surface area contributed by atoms with Gasteiger partial charge in [0.25, 0.3) is 0 Å². The van der Waals surface area contributed by atoms with Gasteiger partial charge in [0.15, 0.2) is 0 Å². The maximum atomic E-state index is 5.81. The molecule has 0 saturated carbocycles. The summed E-state index contributed by atoms with van der Waals surface area (Å²) in [5, 5.41) is 0. The van der Waals surface area contributed by atoms with E-state index in [9.17, 15) is 0 Å². The third-order valence-electron chi connectivity index (χ3n) is 6.78. The van der Waals surface area contributed by atoms with Crippen molar-refractivity contribution in [1.29, 1.82) is 0 Å². The van der Waals surface area contributed by atoms with Crippen LogP contribution in [0.2, 0.25) is 0 Å². The molecule has 0 rings (SSSR count).